The van der Waals surface area contributed by atoms with Crippen molar-refractivity contribution in [3.63, 3.8) is 0 Å². The summed E-state index contributed by atoms with van der Waals surface area (Å²) in [4.78, 5) is 10.9. The van der Waals surface area contributed by atoms with E-state index in [2.05, 4.69) is 4.74 Å². The largest absolute Gasteiger partial charge is 0.469 e. The van der Waals surface area contributed by atoms with Gasteiger partial charge in [-0.1, -0.05) is 6.92 Å². The molecule has 0 unspecified atom stereocenters. The highest BCUT2D eigenvalue weighted by Gasteiger charge is 2.28. The van der Waals surface area contributed by atoms with Crippen LogP contribution in [0.1, 0.15) is 13.8 Å². The van der Waals surface area contributed by atoms with Crippen molar-refractivity contribution in [1.29, 1.82) is 0 Å². The number of hydrogen-bond acceptors (Lipinski definition) is 4. The van der Waals surface area contributed by atoms with Crippen molar-refractivity contribution in [2.75, 3.05) is 7.11 Å². The van der Waals surface area contributed by atoms with E-state index in [0.717, 1.165) is 0 Å². The monoisotopic (exact) mass is 195 g/mol. The fourth-order valence-electron chi connectivity index (χ4n) is 0.662. The van der Waals surface area contributed by atoms with E-state index in [9.17, 15) is 13.2 Å². The first kappa shape index (κ1) is 11.4. The highest BCUT2D eigenvalue weighted by molar-refractivity contribution is 7.89. The summed E-state index contributed by atoms with van der Waals surface area (Å²) in [5.74, 6) is -1.30. The lowest BCUT2D eigenvalue weighted by atomic mass is 10.1. The van der Waals surface area contributed by atoms with Gasteiger partial charge in [-0.3, -0.25) is 4.79 Å². The van der Waals surface area contributed by atoms with Crippen molar-refractivity contribution in [3.05, 3.63) is 0 Å². The molecule has 0 amide bonds. The number of esters is 1. The van der Waals surface area contributed by atoms with E-state index < -0.39 is 27.2 Å². The van der Waals surface area contributed by atoms with Crippen LogP contribution in [0.25, 0.3) is 0 Å². The van der Waals surface area contributed by atoms with Gasteiger partial charge < -0.3 is 4.74 Å². The van der Waals surface area contributed by atoms with Crippen LogP contribution in [-0.4, -0.2) is 26.7 Å². The molecule has 5 nitrogen and oxygen atoms in total. The topological polar surface area (TPSA) is 86.5 Å². The number of carbonyl (C=O) groups excluding carboxylic acids is 1. The van der Waals surface area contributed by atoms with E-state index in [0.29, 0.717) is 0 Å². The molecule has 2 N–H and O–H groups in total. The summed E-state index contributed by atoms with van der Waals surface area (Å²) in [6.07, 6.45) is 0. The van der Waals surface area contributed by atoms with Crippen molar-refractivity contribution < 1.29 is 17.9 Å². The van der Waals surface area contributed by atoms with Gasteiger partial charge in [0, 0.05) is 0 Å². The molecule has 0 bridgehead atoms. The van der Waals surface area contributed by atoms with Crippen molar-refractivity contribution >= 4 is 16.0 Å². The molecule has 72 valence electrons. The third-order valence-electron chi connectivity index (χ3n) is 1.80. The van der Waals surface area contributed by atoms with Gasteiger partial charge in [0.15, 0.2) is 0 Å². The zero-order valence-electron chi connectivity index (χ0n) is 7.27. The molecule has 0 heterocycles. The zero-order chi connectivity index (χ0) is 9.94. The molecular formula is C6H13NO4S. The summed E-state index contributed by atoms with van der Waals surface area (Å²) in [6.45, 7) is 2.83. The molecule has 0 aromatic carbocycles. The Bertz CT molecular complexity index is 259. The van der Waals surface area contributed by atoms with E-state index >= 15 is 0 Å². The molecule has 0 aliphatic rings. The molecule has 6 heteroatoms. The Morgan fingerprint density at radius 3 is 2.08 bits per heavy atom. The average Bonchev–Trinajstić information content (AvgIpc) is 1.98. The van der Waals surface area contributed by atoms with Gasteiger partial charge in [0.05, 0.1) is 18.3 Å². The minimum absolute atomic E-state index is 0.573. The number of methoxy groups -OCH3 is 1. The van der Waals surface area contributed by atoms with Crippen LogP contribution < -0.4 is 5.14 Å². The lowest BCUT2D eigenvalue weighted by Crippen LogP contribution is -2.35. The van der Waals surface area contributed by atoms with Gasteiger partial charge in [-0.15, -0.1) is 0 Å². The van der Waals surface area contributed by atoms with Gasteiger partial charge in [-0.05, 0) is 6.92 Å². The first-order valence-electron chi connectivity index (χ1n) is 3.40. The molecule has 0 radical (unpaired) electrons. The van der Waals surface area contributed by atoms with Crippen molar-refractivity contribution in [2.24, 2.45) is 11.1 Å². The van der Waals surface area contributed by atoms with E-state index in [1.807, 2.05) is 0 Å². The molecular weight excluding hydrogens is 182 g/mol. The Labute approximate surface area is 71.9 Å². The van der Waals surface area contributed by atoms with Gasteiger partial charge in [0.25, 0.3) is 0 Å². The zero-order valence-corrected chi connectivity index (χ0v) is 8.09. The Hall–Kier alpha value is -0.620. The van der Waals surface area contributed by atoms with Crippen LogP contribution in [0, 0.1) is 5.92 Å². The summed E-state index contributed by atoms with van der Waals surface area (Å²) in [5.41, 5.74) is 0. The Morgan fingerprint density at radius 1 is 1.42 bits per heavy atom. The predicted octanol–water partition coefficient (Wildman–Crippen LogP) is -0.527. The lowest BCUT2D eigenvalue weighted by Gasteiger charge is -2.14. The van der Waals surface area contributed by atoms with Crippen molar-refractivity contribution in [2.45, 2.75) is 19.1 Å². The number of sulfonamides is 1. The Kier molecular flexibility index (Phi) is 3.66. The van der Waals surface area contributed by atoms with E-state index in [4.69, 9.17) is 5.14 Å². The van der Waals surface area contributed by atoms with Crippen LogP contribution in [0.2, 0.25) is 0 Å². The van der Waals surface area contributed by atoms with E-state index in [-0.39, 0.29) is 0 Å². The molecule has 0 saturated heterocycles. The van der Waals surface area contributed by atoms with Gasteiger partial charge >= 0.3 is 5.97 Å². The lowest BCUT2D eigenvalue weighted by molar-refractivity contribution is -0.144. The number of carbonyl (C=O) groups is 1. The predicted molar refractivity (Wildman–Crippen MR) is 43.7 cm³/mol. The minimum Gasteiger partial charge on any atom is -0.469 e. The SMILES string of the molecule is COC(=O)[C@@H](C)[C@H](C)S(N)(=O)=O. The maximum Gasteiger partial charge on any atom is 0.309 e. The Morgan fingerprint density at radius 2 is 1.83 bits per heavy atom. The highest BCUT2D eigenvalue weighted by Crippen LogP contribution is 2.10. The molecule has 0 saturated carbocycles. The van der Waals surface area contributed by atoms with E-state index in [1.165, 1.54) is 21.0 Å². The van der Waals surface area contributed by atoms with Gasteiger partial charge in [0.1, 0.15) is 0 Å². The second-order valence-electron chi connectivity index (χ2n) is 2.61. The number of nitrogens with two attached hydrogens (primary N) is 1. The first-order valence-corrected chi connectivity index (χ1v) is 5.01. The van der Waals surface area contributed by atoms with Crippen LogP contribution in [0.15, 0.2) is 0 Å². The number of rotatable bonds is 3. The number of primary sulfonamides is 1. The summed E-state index contributed by atoms with van der Waals surface area (Å²) in [7, 11) is -2.45. The molecule has 0 aliphatic carbocycles. The van der Waals surface area contributed by atoms with Crippen LogP contribution in [-0.2, 0) is 19.6 Å². The maximum atomic E-state index is 10.9. The summed E-state index contributed by atoms with van der Waals surface area (Å²) in [6, 6.07) is 0. The molecule has 0 fully saturated rings. The van der Waals surface area contributed by atoms with Crippen LogP contribution in [0.5, 0.6) is 0 Å². The average molecular weight is 195 g/mol. The molecule has 0 rings (SSSR count). The van der Waals surface area contributed by atoms with Crippen molar-refractivity contribution in [3.8, 4) is 0 Å². The third kappa shape index (κ3) is 2.78. The van der Waals surface area contributed by atoms with Gasteiger partial charge in [-0.25, -0.2) is 13.6 Å². The van der Waals surface area contributed by atoms with E-state index in [1.54, 1.807) is 0 Å². The van der Waals surface area contributed by atoms with Gasteiger partial charge in [0.2, 0.25) is 10.0 Å². The van der Waals surface area contributed by atoms with Crippen LogP contribution >= 0.6 is 0 Å². The van der Waals surface area contributed by atoms with Crippen LogP contribution in [0.4, 0.5) is 0 Å². The highest BCUT2D eigenvalue weighted by atomic mass is 32.2. The standard InChI is InChI=1S/C6H13NO4S/c1-4(6(8)11-3)5(2)12(7,9)10/h4-5H,1-3H3,(H2,7,9,10)/t4-,5-/m0/s1. The first-order chi connectivity index (χ1) is 5.30. The molecule has 0 aliphatic heterocycles. The number of hydrogen-bond donors (Lipinski definition) is 1. The molecule has 0 aromatic heterocycles. The second-order valence-corrected chi connectivity index (χ2v) is 4.53. The molecule has 0 aromatic rings. The normalized spacial score (nSPS) is 16.7. The second kappa shape index (κ2) is 3.86. The molecule has 2 atom stereocenters. The van der Waals surface area contributed by atoms with Gasteiger partial charge in [-0.2, -0.15) is 0 Å². The Balaban J connectivity index is 4.51. The summed E-state index contributed by atoms with van der Waals surface area (Å²) >= 11 is 0. The summed E-state index contributed by atoms with van der Waals surface area (Å²) < 4.78 is 25.9. The number of ether oxygens (including phenoxy) is 1. The van der Waals surface area contributed by atoms with Crippen LogP contribution in [0.3, 0.4) is 0 Å². The maximum absolute atomic E-state index is 10.9. The summed E-state index contributed by atoms with van der Waals surface area (Å²) in [5, 5.41) is 3.92. The fraction of sp³-hybridized carbons (Fsp3) is 0.833. The third-order valence-corrected chi connectivity index (χ3v) is 3.24. The fourth-order valence-corrected chi connectivity index (χ4v) is 1.34. The smallest absolute Gasteiger partial charge is 0.309 e. The minimum atomic E-state index is -3.66. The molecule has 0 spiro atoms. The molecule has 12 heavy (non-hydrogen) atoms. The quantitative estimate of drug-likeness (QED) is 0.613. The van der Waals surface area contributed by atoms with Crippen molar-refractivity contribution in [1.82, 2.24) is 0 Å².